The summed E-state index contributed by atoms with van der Waals surface area (Å²) in [6.07, 6.45) is 0. The molecule has 0 saturated carbocycles. The molecule has 2 N–H and O–H groups in total. The van der Waals surface area contributed by atoms with Gasteiger partial charge in [-0.15, -0.1) is 0 Å². The lowest BCUT2D eigenvalue weighted by molar-refractivity contribution is 0.0945. The van der Waals surface area contributed by atoms with Gasteiger partial charge in [0.15, 0.2) is 17.5 Å². The van der Waals surface area contributed by atoms with Crippen LogP contribution in [-0.2, 0) is 13.2 Å². The lowest BCUT2D eigenvalue weighted by Gasteiger charge is -2.08. The van der Waals surface area contributed by atoms with Crippen LogP contribution in [0, 0.1) is 17.5 Å². The Bertz CT molecular complexity index is 674. The first-order valence-corrected chi connectivity index (χ1v) is 6.13. The third-order valence-electron chi connectivity index (χ3n) is 2.91. The van der Waals surface area contributed by atoms with Gasteiger partial charge in [0.05, 0.1) is 12.2 Å². The van der Waals surface area contributed by atoms with Crippen molar-refractivity contribution in [3.05, 3.63) is 70.5 Å². The van der Waals surface area contributed by atoms with Crippen molar-refractivity contribution in [2.45, 2.75) is 13.2 Å². The molecule has 0 atom stereocenters. The van der Waals surface area contributed by atoms with Crippen molar-refractivity contribution in [1.29, 1.82) is 0 Å². The van der Waals surface area contributed by atoms with E-state index in [-0.39, 0.29) is 13.2 Å². The summed E-state index contributed by atoms with van der Waals surface area (Å²) in [6, 6.07) is 8.36. The van der Waals surface area contributed by atoms with E-state index in [0.29, 0.717) is 17.2 Å². The molecule has 0 aromatic heterocycles. The summed E-state index contributed by atoms with van der Waals surface area (Å²) < 4.78 is 39.3. The fourth-order valence-corrected chi connectivity index (χ4v) is 1.82. The van der Waals surface area contributed by atoms with Crippen LogP contribution in [0.25, 0.3) is 0 Å². The molecular formula is C15H12F3NO2. The van der Waals surface area contributed by atoms with Crippen molar-refractivity contribution in [2.24, 2.45) is 0 Å². The van der Waals surface area contributed by atoms with E-state index in [1.807, 2.05) is 0 Å². The lowest BCUT2D eigenvalue weighted by atomic mass is 10.1. The Balaban J connectivity index is 2.10. The Morgan fingerprint density at radius 3 is 2.48 bits per heavy atom. The van der Waals surface area contributed by atoms with Gasteiger partial charge < -0.3 is 10.4 Å². The Morgan fingerprint density at radius 1 is 1.05 bits per heavy atom. The molecule has 0 bridgehead atoms. The van der Waals surface area contributed by atoms with Crippen LogP contribution in [-0.4, -0.2) is 11.0 Å². The maximum absolute atomic E-state index is 13.4. The highest BCUT2D eigenvalue weighted by Gasteiger charge is 2.18. The highest BCUT2D eigenvalue weighted by molar-refractivity contribution is 5.94. The highest BCUT2D eigenvalue weighted by atomic mass is 19.2. The molecule has 0 aliphatic carbocycles. The minimum Gasteiger partial charge on any atom is -0.392 e. The highest BCUT2D eigenvalue weighted by Crippen LogP contribution is 2.15. The molecule has 0 radical (unpaired) electrons. The predicted molar refractivity (Wildman–Crippen MR) is 69.9 cm³/mol. The van der Waals surface area contributed by atoms with Crippen LogP contribution in [0.15, 0.2) is 36.4 Å². The van der Waals surface area contributed by atoms with Gasteiger partial charge in [-0.3, -0.25) is 4.79 Å². The zero-order valence-electron chi connectivity index (χ0n) is 10.9. The number of aliphatic hydroxyl groups is 1. The number of hydrogen-bond acceptors (Lipinski definition) is 2. The van der Waals surface area contributed by atoms with E-state index in [4.69, 9.17) is 5.11 Å². The molecule has 110 valence electrons. The third-order valence-corrected chi connectivity index (χ3v) is 2.91. The summed E-state index contributed by atoms with van der Waals surface area (Å²) in [4.78, 5) is 11.8. The van der Waals surface area contributed by atoms with E-state index in [2.05, 4.69) is 5.32 Å². The number of benzene rings is 2. The summed E-state index contributed by atoms with van der Waals surface area (Å²) in [5.74, 6) is -5.39. The molecule has 21 heavy (non-hydrogen) atoms. The van der Waals surface area contributed by atoms with Crippen LogP contribution in [0.1, 0.15) is 21.5 Å². The van der Waals surface area contributed by atoms with Gasteiger partial charge in [0.2, 0.25) is 0 Å². The Hall–Kier alpha value is -2.34. The third kappa shape index (κ3) is 3.41. The van der Waals surface area contributed by atoms with Crippen LogP contribution in [0.5, 0.6) is 0 Å². The largest absolute Gasteiger partial charge is 0.392 e. The Labute approximate surface area is 119 Å². The van der Waals surface area contributed by atoms with E-state index >= 15 is 0 Å². The molecule has 6 heteroatoms. The average Bonchev–Trinajstić information content (AvgIpc) is 2.50. The van der Waals surface area contributed by atoms with E-state index in [0.717, 1.165) is 6.07 Å². The van der Waals surface area contributed by atoms with Gasteiger partial charge in [-0.05, 0) is 23.3 Å². The van der Waals surface area contributed by atoms with Crippen molar-refractivity contribution >= 4 is 5.91 Å². The summed E-state index contributed by atoms with van der Waals surface area (Å²) in [7, 11) is 0. The predicted octanol–water partition coefficient (Wildman–Crippen LogP) is 2.53. The van der Waals surface area contributed by atoms with Crippen LogP contribution in [0.2, 0.25) is 0 Å². The van der Waals surface area contributed by atoms with Gasteiger partial charge in [-0.2, -0.15) is 0 Å². The van der Waals surface area contributed by atoms with Crippen molar-refractivity contribution in [2.75, 3.05) is 0 Å². The Morgan fingerprint density at radius 2 is 1.76 bits per heavy atom. The number of carbonyl (C=O) groups is 1. The zero-order valence-corrected chi connectivity index (χ0v) is 10.9. The molecule has 2 aromatic carbocycles. The van der Waals surface area contributed by atoms with Crippen LogP contribution < -0.4 is 5.32 Å². The molecular weight excluding hydrogens is 283 g/mol. The summed E-state index contributed by atoms with van der Waals surface area (Å²) in [5.41, 5.74) is 0.797. The number of hydrogen-bond donors (Lipinski definition) is 2. The second kappa shape index (κ2) is 6.41. The number of rotatable bonds is 4. The van der Waals surface area contributed by atoms with Crippen molar-refractivity contribution in [3.8, 4) is 0 Å². The quantitative estimate of drug-likeness (QED) is 0.852. The second-order valence-corrected chi connectivity index (χ2v) is 4.38. The summed E-state index contributed by atoms with van der Waals surface area (Å²) in [5, 5.41) is 11.4. The van der Waals surface area contributed by atoms with Crippen LogP contribution >= 0.6 is 0 Å². The van der Waals surface area contributed by atoms with Crippen molar-refractivity contribution in [1.82, 2.24) is 5.32 Å². The fraction of sp³-hybridized carbons (Fsp3) is 0.133. The number of halogens is 3. The van der Waals surface area contributed by atoms with Gasteiger partial charge in [-0.25, -0.2) is 13.2 Å². The molecule has 0 heterocycles. The first-order valence-electron chi connectivity index (χ1n) is 6.13. The SMILES string of the molecule is O=C(NCc1cccc(CO)c1)c1ccc(F)c(F)c1F. The molecule has 0 saturated heterocycles. The van der Waals surface area contributed by atoms with E-state index in [1.165, 1.54) is 0 Å². The van der Waals surface area contributed by atoms with Gasteiger partial charge in [0.25, 0.3) is 5.91 Å². The molecule has 0 aliphatic rings. The van der Waals surface area contributed by atoms with Crippen molar-refractivity contribution in [3.63, 3.8) is 0 Å². The zero-order chi connectivity index (χ0) is 15.4. The fourth-order valence-electron chi connectivity index (χ4n) is 1.82. The van der Waals surface area contributed by atoms with E-state index in [1.54, 1.807) is 24.3 Å². The van der Waals surface area contributed by atoms with Gasteiger partial charge in [-0.1, -0.05) is 24.3 Å². The normalized spacial score (nSPS) is 10.5. The molecule has 1 amide bonds. The van der Waals surface area contributed by atoms with Crippen LogP contribution in [0.4, 0.5) is 13.2 Å². The minimum atomic E-state index is -1.68. The maximum atomic E-state index is 13.4. The molecule has 0 spiro atoms. The van der Waals surface area contributed by atoms with Gasteiger partial charge >= 0.3 is 0 Å². The van der Waals surface area contributed by atoms with E-state index in [9.17, 15) is 18.0 Å². The van der Waals surface area contributed by atoms with Gasteiger partial charge in [0.1, 0.15) is 0 Å². The second-order valence-electron chi connectivity index (χ2n) is 4.38. The van der Waals surface area contributed by atoms with Crippen molar-refractivity contribution < 1.29 is 23.1 Å². The molecule has 0 fully saturated rings. The summed E-state index contributed by atoms with van der Waals surface area (Å²) in [6.45, 7) is -0.0648. The molecule has 0 unspecified atom stereocenters. The molecule has 3 nitrogen and oxygen atoms in total. The standard InChI is InChI=1S/C15H12F3NO2/c16-12-5-4-11(13(17)14(12)18)15(21)19-7-9-2-1-3-10(6-9)8-20/h1-6,20H,7-8H2,(H,19,21). The van der Waals surface area contributed by atoms with Crippen LogP contribution in [0.3, 0.4) is 0 Å². The first kappa shape index (κ1) is 15.1. The number of amides is 1. The van der Waals surface area contributed by atoms with Gasteiger partial charge in [0, 0.05) is 6.54 Å². The molecule has 2 aromatic rings. The van der Waals surface area contributed by atoms with E-state index < -0.39 is 28.9 Å². The molecule has 0 aliphatic heterocycles. The monoisotopic (exact) mass is 295 g/mol. The number of aliphatic hydroxyl groups excluding tert-OH is 1. The maximum Gasteiger partial charge on any atom is 0.254 e. The number of carbonyl (C=O) groups excluding carboxylic acids is 1. The topological polar surface area (TPSA) is 49.3 Å². The first-order chi connectivity index (χ1) is 10.0. The lowest BCUT2D eigenvalue weighted by Crippen LogP contribution is -2.24. The Kier molecular flexibility index (Phi) is 4.59. The summed E-state index contributed by atoms with van der Waals surface area (Å²) >= 11 is 0. The molecule has 2 rings (SSSR count). The average molecular weight is 295 g/mol. The number of nitrogens with one attached hydrogen (secondary N) is 1. The smallest absolute Gasteiger partial charge is 0.254 e. The minimum absolute atomic E-state index is 0.0745.